The Hall–Kier alpha value is -1.35. The summed E-state index contributed by atoms with van der Waals surface area (Å²) in [6.07, 6.45) is 3.42. The van der Waals surface area contributed by atoms with Crippen LogP contribution in [0.1, 0.15) is 51.6 Å². The molecule has 1 aromatic rings. The van der Waals surface area contributed by atoms with E-state index in [1.165, 1.54) is 12.8 Å². The lowest BCUT2D eigenvalue weighted by atomic mass is 9.70. The van der Waals surface area contributed by atoms with Crippen molar-refractivity contribution in [3.63, 3.8) is 0 Å². The highest BCUT2D eigenvalue weighted by molar-refractivity contribution is 5.79. The molecule has 0 heterocycles. The van der Waals surface area contributed by atoms with Gasteiger partial charge in [-0.05, 0) is 36.2 Å². The molecule has 4 atom stereocenters. The number of benzene rings is 1. The summed E-state index contributed by atoms with van der Waals surface area (Å²) in [5, 5.41) is 3.09. The van der Waals surface area contributed by atoms with Gasteiger partial charge in [-0.3, -0.25) is 4.79 Å². The number of carbonyl (C=O) groups is 1. The van der Waals surface area contributed by atoms with Crippen LogP contribution < -0.4 is 11.1 Å². The average Bonchev–Trinajstić information content (AvgIpc) is 2.52. The maximum atomic E-state index is 12.6. The maximum Gasteiger partial charge on any atom is 0.223 e. The molecule has 0 bridgehead atoms. The molecule has 1 aromatic carbocycles. The zero-order valence-corrected chi connectivity index (χ0v) is 14.1. The van der Waals surface area contributed by atoms with E-state index in [0.29, 0.717) is 24.3 Å². The Kier molecular flexibility index (Phi) is 6.01. The van der Waals surface area contributed by atoms with Crippen molar-refractivity contribution in [2.24, 2.45) is 29.4 Å². The van der Waals surface area contributed by atoms with Crippen molar-refractivity contribution in [1.82, 2.24) is 5.32 Å². The number of nitrogens with one attached hydrogen (secondary N) is 1. The molecule has 3 nitrogen and oxygen atoms in total. The minimum absolute atomic E-state index is 0.135. The highest BCUT2D eigenvalue weighted by atomic mass is 16.1. The van der Waals surface area contributed by atoms with E-state index in [0.717, 1.165) is 12.0 Å². The van der Waals surface area contributed by atoms with Gasteiger partial charge in [0.1, 0.15) is 0 Å². The highest BCUT2D eigenvalue weighted by Crippen LogP contribution is 2.38. The van der Waals surface area contributed by atoms with Crippen LogP contribution in [0.4, 0.5) is 0 Å². The van der Waals surface area contributed by atoms with E-state index in [4.69, 9.17) is 5.73 Å². The lowest BCUT2D eigenvalue weighted by molar-refractivity contribution is -0.129. The molecule has 2 rings (SSSR count). The standard InChI is InChI=1S/C19H30N2O/c1-13(2)16-10-9-14(3)11-17(16)19(22)21-12-18(20)15-7-5-4-6-8-15/h4-8,13-14,16-18H,9-12,20H2,1-3H3,(H,21,22)/t14-,16+,17-,18+/m1/s1. The second kappa shape index (κ2) is 7.77. The second-order valence-corrected chi connectivity index (χ2v) is 7.19. The Balaban J connectivity index is 1.92. The molecule has 3 heteroatoms. The Morgan fingerprint density at radius 2 is 1.95 bits per heavy atom. The van der Waals surface area contributed by atoms with E-state index in [-0.39, 0.29) is 17.9 Å². The first-order valence-electron chi connectivity index (χ1n) is 8.57. The Morgan fingerprint density at radius 1 is 1.27 bits per heavy atom. The molecular weight excluding hydrogens is 272 g/mol. The number of rotatable bonds is 5. The largest absolute Gasteiger partial charge is 0.354 e. The van der Waals surface area contributed by atoms with Crippen molar-refractivity contribution in [2.45, 2.75) is 46.1 Å². The third kappa shape index (κ3) is 4.33. The molecule has 0 saturated heterocycles. The van der Waals surface area contributed by atoms with E-state index in [1.807, 2.05) is 30.3 Å². The Labute approximate surface area is 134 Å². The first-order chi connectivity index (χ1) is 10.5. The van der Waals surface area contributed by atoms with E-state index in [2.05, 4.69) is 26.1 Å². The van der Waals surface area contributed by atoms with Gasteiger partial charge in [0.05, 0.1) is 0 Å². The predicted molar refractivity (Wildman–Crippen MR) is 91.2 cm³/mol. The molecular formula is C19H30N2O. The number of nitrogens with two attached hydrogens (primary N) is 1. The molecule has 1 aliphatic rings. The van der Waals surface area contributed by atoms with Gasteiger partial charge in [0.25, 0.3) is 0 Å². The van der Waals surface area contributed by atoms with Gasteiger partial charge in [0, 0.05) is 18.5 Å². The van der Waals surface area contributed by atoms with Crippen molar-refractivity contribution in [2.75, 3.05) is 6.54 Å². The first kappa shape index (κ1) is 17.0. The Morgan fingerprint density at radius 3 is 2.59 bits per heavy atom. The Bertz CT molecular complexity index is 472. The molecule has 0 aliphatic heterocycles. The summed E-state index contributed by atoms with van der Waals surface area (Å²) in [4.78, 5) is 12.6. The molecule has 0 aromatic heterocycles. The molecule has 122 valence electrons. The zero-order valence-electron chi connectivity index (χ0n) is 14.1. The van der Waals surface area contributed by atoms with Crippen LogP contribution in [-0.4, -0.2) is 12.5 Å². The van der Waals surface area contributed by atoms with Crippen LogP contribution in [0.15, 0.2) is 30.3 Å². The van der Waals surface area contributed by atoms with Crippen LogP contribution in [0.25, 0.3) is 0 Å². The quantitative estimate of drug-likeness (QED) is 0.874. The van der Waals surface area contributed by atoms with Crippen LogP contribution >= 0.6 is 0 Å². The fourth-order valence-electron chi connectivity index (χ4n) is 3.66. The maximum absolute atomic E-state index is 12.6. The van der Waals surface area contributed by atoms with Gasteiger partial charge in [0.15, 0.2) is 0 Å². The highest BCUT2D eigenvalue weighted by Gasteiger charge is 2.35. The predicted octanol–water partition coefficient (Wildman–Crippen LogP) is 3.51. The molecule has 0 unspecified atom stereocenters. The van der Waals surface area contributed by atoms with Gasteiger partial charge in [-0.15, -0.1) is 0 Å². The normalized spacial score (nSPS) is 26.7. The molecule has 0 spiro atoms. The molecule has 1 saturated carbocycles. The van der Waals surface area contributed by atoms with Gasteiger partial charge >= 0.3 is 0 Å². The number of hydrogen-bond donors (Lipinski definition) is 2. The van der Waals surface area contributed by atoms with E-state index in [9.17, 15) is 4.79 Å². The fourth-order valence-corrected chi connectivity index (χ4v) is 3.66. The minimum atomic E-state index is -0.135. The molecule has 0 radical (unpaired) electrons. The van der Waals surface area contributed by atoms with Crippen LogP contribution in [0.2, 0.25) is 0 Å². The number of carbonyl (C=O) groups excluding carboxylic acids is 1. The fraction of sp³-hybridized carbons (Fsp3) is 0.632. The summed E-state index contributed by atoms with van der Waals surface area (Å²) < 4.78 is 0. The number of amides is 1. The van der Waals surface area contributed by atoms with Crippen LogP contribution in [0.3, 0.4) is 0 Å². The summed E-state index contributed by atoms with van der Waals surface area (Å²) in [7, 11) is 0. The van der Waals surface area contributed by atoms with E-state index in [1.54, 1.807) is 0 Å². The van der Waals surface area contributed by atoms with Crippen LogP contribution in [-0.2, 0) is 4.79 Å². The lowest BCUT2D eigenvalue weighted by Gasteiger charge is -2.36. The average molecular weight is 302 g/mol. The third-order valence-corrected chi connectivity index (χ3v) is 5.08. The molecule has 1 aliphatic carbocycles. The van der Waals surface area contributed by atoms with E-state index >= 15 is 0 Å². The lowest BCUT2D eigenvalue weighted by Crippen LogP contribution is -2.42. The summed E-state index contributed by atoms with van der Waals surface area (Å²) in [5.41, 5.74) is 7.25. The smallest absolute Gasteiger partial charge is 0.223 e. The molecule has 22 heavy (non-hydrogen) atoms. The van der Waals surface area contributed by atoms with Crippen molar-refractivity contribution < 1.29 is 4.79 Å². The van der Waals surface area contributed by atoms with Crippen LogP contribution in [0, 0.1) is 23.7 Å². The van der Waals surface area contributed by atoms with Gasteiger partial charge < -0.3 is 11.1 Å². The summed E-state index contributed by atoms with van der Waals surface area (Å²) in [5.74, 6) is 2.05. The van der Waals surface area contributed by atoms with Crippen LogP contribution in [0.5, 0.6) is 0 Å². The molecule has 1 amide bonds. The monoisotopic (exact) mass is 302 g/mol. The third-order valence-electron chi connectivity index (χ3n) is 5.08. The summed E-state index contributed by atoms with van der Waals surface area (Å²) in [6, 6.07) is 9.82. The summed E-state index contributed by atoms with van der Waals surface area (Å²) >= 11 is 0. The van der Waals surface area contributed by atoms with Gasteiger partial charge in [0.2, 0.25) is 5.91 Å². The topological polar surface area (TPSA) is 55.1 Å². The van der Waals surface area contributed by atoms with Crippen molar-refractivity contribution in [3.8, 4) is 0 Å². The first-order valence-corrected chi connectivity index (χ1v) is 8.57. The summed E-state index contributed by atoms with van der Waals surface area (Å²) in [6.45, 7) is 7.23. The van der Waals surface area contributed by atoms with Crippen molar-refractivity contribution in [1.29, 1.82) is 0 Å². The van der Waals surface area contributed by atoms with Gasteiger partial charge in [-0.25, -0.2) is 0 Å². The van der Waals surface area contributed by atoms with Gasteiger partial charge in [-0.2, -0.15) is 0 Å². The minimum Gasteiger partial charge on any atom is -0.354 e. The SMILES string of the molecule is CC(C)[C@@H]1CC[C@@H](C)C[C@H]1C(=O)NC[C@H](N)c1ccccc1. The molecule has 3 N–H and O–H groups in total. The van der Waals surface area contributed by atoms with Gasteiger partial charge in [-0.1, -0.05) is 57.5 Å². The van der Waals surface area contributed by atoms with E-state index < -0.39 is 0 Å². The van der Waals surface area contributed by atoms with Crippen molar-refractivity contribution in [3.05, 3.63) is 35.9 Å². The number of hydrogen-bond acceptors (Lipinski definition) is 2. The second-order valence-electron chi connectivity index (χ2n) is 7.19. The van der Waals surface area contributed by atoms with Crippen molar-refractivity contribution >= 4 is 5.91 Å². The zero-order chi connectivity index (χ0) is 16.1. The molecule has 1 fully saturated rings.